The number of furan rings is 1. The van der Waals surface area contributed by atoms with E-state index in [1.807, 2.05) is 5.32 Å². The number of aromatic nitrogens is 2. The summed E-state index contributed by atoms with van der Waals surface area (Å²) in [6.45, 7) is 0.597. The molecule has 0 atom stereocenters. The molecule has 186 valence electrons. The third-order valence-electron chi connectivity index (χ3n) is 5.89. The largest absolute Gasteiger partial charge is 0.463 e. The van der Waals surface area contributed by atoms with E-state index in [0.717, 1.165) is 18.4 Å². The van der Waals surface area contributed by atoms with Crippen LogP contribution in [-0.4, -0.2) is 45.6 Å². The molecule has 0 radical (unpaired) electrons. The molecule has 2 amide bonds. The van der Waals surface area contributed by atoms with E-state index in [4.69, 9.17) is 8.94 Å². The van der Waals surface area contributed by atoms with E-state index in [-0.39, 0.29) is 29.8 Å². The number of rotatable bonds is 7. The minimum absolute atomic E-state index is 0.0442. The second-order valence-electron chi connectivity index (χ2n) is 8.64. The van der Waals surface area contributed by atoms with Crippen LogP contribution < -0.4 is 5.32 Å². The maximum Gasteiger partial charge on any atom is 0.405 e. The van der Waals surface area contributed by atoms with Crippen LogP contribution in [-0.2, 0) is 6.54 Å². The van der Waals surface area contributed by atoms with Gasteiger partial charge in [-0.3, -0.25) is 9.59 Å². The van der Waals surface area contributed by atoms with Gasteiger partial charge in [0.1, 0.15) is 12.2 Å². The lowest BCUT2D eigenvalue weighted by atomic mass is 10.1. The monoisotopic (exact) mass is 498 g/mol. The van der Waals surface area contributed by atoms with E-state index in [1.165, 1.54) is 18.4 Å². The van der Waals surface area contributed by atoms with Gasteiger partial charge in [0.2, 0.25) is 0 Å². The number of nitrogens with one attached hydrogen (secondary N) is 1. The Morgan fingerprint density at radius 2 is 1.92 bits per heavy atom. The quantitative estimate of drug-likeness (QED) is 0.389. The second kappa shape index (κ2) is 9.14. The van der Waals surface area contributed by atoms with E-state index < -0.39 is 18.6 Å². The smallest absolute Gasteiger partial charge is 0.405 e. The van der Waals surface area contributed by atoms with Crippen LogP contribution in [0.15, 0.2) is 57.7 Å². The predicted molar refractivity (Wildman–Crippen MR) is 122 cm³/mol. The first kappa shape index (κ1) is 23.6. The number of carbonyl (C=O) groups is 2. The number of halogens is 3. The van der Waals surface area contributed by atoms with E-state index >= 15 is 0 Å². The first-order chi connectivity index (χ1) is 17.2. The SMILES string of the molecule is Cc1noc2nc(-c3ccco3)cc(C(=O)N(Cc3ccc(C(=O)NCC(F)(F)F)cc3)C3CC3)c12. The van der Waals surface area contributed by atoms with E-state index in [0.29, 0.717) is 28.1 Å². The Labute approximate surface area is 203 Å². The molecule has 3 aromatic heterocycles. The number of pyridine rings is 1. The predicted octanol–water partition coefficient (Wildman–Crippen LogP) is 4.89. The standard InChI is InChI=1S/C25H21F3N4O4/c1-14-21-18(11-19(20-3-2-10-35-20)30-23(21)36-31-14)24(34)32(17-8-9-17)12-15-4-6-16(7-5-15)22(33)29-13-25(26,27)28/h2-7,10-11,17H,8-9,12-13H2,1H3,(H,29,33). The van der Waals surface area contributed by atoms with Crippen molar-refractivity contribution in [1.29, 1.82) is 0 Å². The molecule has 1 aromatic carbocycles. The summed E-state index contributed by atoms with van der Waals surface area (Å²) in [4.78, 5) is 32.0. The average Bonchev–Trinajstić information content (AvgIpc) is 3.40. The highest BCUT2D eigenvalue weighted by molar-refractivity contribution is 6.07. The number of alkyl halides is 3. The number of benzene rings is 1. The molecule has 1 N–H and O–H groups in total. The number of aryl methyl sites for hydroxylation is 1. The zero-order chi connectivity index (χ0) is 25.4. The van der Waals surface area contributed by atoms with Crippen LogP contribution in [0.2, 0.25) is 0 Å². The van der Waals surface area contributed by atoms with Gasteiger partial charge < -0.3 is 19.2 Å². The fourth-order valence-corrected chi connectivity index (χ4v) is 3.96. The third-order valence-corrected chi connectivity index (χ3v) is 5.89. The zero-order valence-corrected chi connectivity index (χ0v) is 19.1. The van der Waals surface area contributed by atoms with Crippen LogP contribution in [0.5, 0.6) is 0 Å². The molecule has 8 nitrogen and oxygen atoms in total. The van der Waals surface area contributed by atoms with Crippen molar-refractivity contribution in [3.8, 4) is 11.5 Å². The molecule has 11 heteroatoms. The van der Waals surface area contributed by atoms with Crippen LogP contribution in [0.1, 0.15) is 44.8 Å². The molecule has 5 rings (SSSR count). The third kappa shape index (κ3) is 4.95. The minimum atomic E-state index is -4.49. The molecule has 1 aliphatic carbocycles. The Morgan fingerprint density at radius 1 is 1.17 bits per heavy atom. The van der Waals surface area contributed by atoms with Crippen molar-refractivity contribution in [2.24, 2.45) is 0 Å². The van der Waals surface area contributed by atoms with Gasteiger partial charge in [0, 0.05) is 18.2 Å². The number of carbonyl (C=O) groups excluding carboxylic acids is 2. The minimum Gasteiger partial charge on any atom is -0.463 e. The van der Waals surface area contributed by atoms with E-state index in [1.54, 1.807) is 42.2 Å². The van der Waals surface area contributed by atoms with Gasteiger partial charge in [-0.05, 0) is 55.7 Å². The van der Waals surface area contributed by atoms with E-state index in [2.05, 4.69) is 10.1 Å². The Hall–Kier alpha value is -4.15. The molecular weight excluding hydrogens is 477 g/mol. The van der Waals surface area contributed by atoms with Crippen LogP contribution in [0.4, 0.5) is 13.2 Å². The Morgan fingerprint density at radius 3 is 2.56 bits per heavy atom. The summed E-state index contributed by atoms with van der Waals surface area (Å²) in [5.74, 6) is -0.560. The van der Waals surface area contributed by atoms with Gasteiger partial charge in [-0.15, -0.1) is 0 Å². The first-order valence-corrected chi connectivity index (χ1v) is 11.3. The molecule has 1 aliphatic rings. The molecule has 3 heterocycles. The zero-order valence-electron chi connectivity index (χ0n) is 19.1. The topological polar surface area (TPSA) is 101 Å². The highest BCUT2D eigenvalue weighted by atomic mass is 19.4. The van der Waals surface area contributed by atoms with Gasteiger partial charge in [0.05, 0.1) is 22.9 Å². The van der Waals surface area contributed by atoms with Crippen molar-refractivity contribution in [2.45, 2.75) is 38.5 Å². The molecule has 0 aliphatic heterocycles. The van der Waals surface area contributed by atoms with Gasteiger partial charge in [-0.1, -0.05) is 17.3 Å². The van der Waals surface area contributed by atoms with Gasteiger partial charge >= 0.3 is 6.18 Å². The van der Waals surface area contributed by atoms with Crippen molar-refractivity contribution >= 4 is 22.9 Å². The second-order valence-corrected chi connectivity index (χ2v) is 8.64. The molecular formula is C25H21F3N4O4. The van der Waals surface area contributed by atoms with Crippen LogP contribution in [0.25, 0.3) is 22.6 Å². The summed E-state index contributed by atoms with van der Waals surface area (Å²) in [5, 5.41) is 6.35. The van der Waals surface area contributed by atoms with Gasteiger partial charge in [-0.2, -0.15) is 13.2 Å². The Kier molecular flexibility index (Phi) is 5.99. The fourth-order valence-electron chi connectivity index (χ4n) is 3.96. The summed E-state index contributed by atoms with van der Waals surface area (Å²) < 4.78 is 47.9. The summed E-state index contributed by atoms with van der Waals surface area (Å²) in [6.07, 6.45) is -1.27. The molecule has 0 unspecified atom stereocenters. The molecule has 1 fully saturated rings. The normalized spacial score (nSPS) is 13.7. The van der Waals surface area contributed by atoms with Crippen LogP contribution >= 0.6 is 0 Å². The van der Waals surface area contributed by atoms with Crippen molar-refractivity contribution in [2.75, 3.05) is 6.54 Å². The van der Waals surface area contributed by atoms with E-state index in [9.17, 15) is 22.8 Å². The summed E-state index contributed by atoms with van der Waals surface area (Å²) in [6, 6.07) is 11.3. The lowest BCUT2D eigenvalue weighted by Crippen LogP contribution is -2.34. The number of hydrogen-bond acceptors (Lipinski definition) is 6. The van der Waals surface area contributed by atoms with Crippen molar-refractivity contribution in [3.05, 3.63) is 71.1 Å². The first-order valence-electron chi connectivity index (χ1n) is 11.3. The molecule has 4 aromatic rings. The van der Waals surface area contributed by atoms with Gasteiger partial charge in [0.15, 0.2) is 5.76 Å². The molecule has 36 heavy (non-hydrogen) atoms. The summed E-state index contributed by atoms with van der Waals surface area (Å²) in [7, 11) is 0. The number of hydrogen-bond donors (Lipinski definition) is 1. The summed E-state index contributed by atoms with van der Waals surface area (Å²) in [5.41, 5.74) is 2.44. The molecule has 1 saturated carbocycles. The maximum absolute atomic E-state index is 13.8. The molecule has 0 spiro atoms. The fraction of sp³-hybridized carbons (Fsp3) is 0.280. The van der Waals surface area contributed by atoms with Gasteiger partial charge in [0.25, 0.3) is 17.5 Å². The Bertz CT molecular complexity index is 1410. The Balaban J connectivity index is 1.40. The molecule has 0 saturated heterocycles. The lowest BCUT2D eigenvalue weighted by Gasteiger charge is -2.23. The van der Waals surface area contributed by atoms with Crippen molar-refractivity contribution in [1.82, 2.24) is 20.4 Å². The van der Waals surface area contributed by atoms with Crippen molar-refractivity contribution < 1.29 is 31.7 Å². The maximum atomic E-state index is 13.8. The molecule has 0 bridgehead atoms. The summed E-state index contributed by atoms with van der Waals surface area (Å²) >= 11 is 0. The highest BCUT2D eigenvalue weighted by Crippen LogP contribution is 2.33. The highest BCUT2D eigenvalue weighted by Gasteiger charge is 2.35. The van der Waals surface area contributed by atoms with Gasteiger partial charge in [-0.25, -0.2) is 4.98 Å². The van der Waals surface area contributed by atoms with Crippen LogP contribution in [0.3, 0.4) is 0 Å². The van der Waals surface area contributed by atoms with Crippen LogP contribution in [0, 0.1) is 6.92 Å². The van der Waals surface area contributed by atoms with Crippen molar-refractivity contribution in [3.63, 3.8) is 0 Å². The number of nitrogens with zero attached hydrogens (tertiary/aromatic N) is 3. The number of fused-ring (bicyclic) bond motifs is 1. The lowest BCUT2D eigenvalue weighted by molar-refractivity contribution is -0.123. The number of amides is 2. The average molecular weight is 498 g/mol.